The molecule has 6 heteroatoms. The van der Waals surface area contributed by atoms with Crippen molar-refractivity contribution in [2.24, 2.45) is 0 Å². The molecule has 1 saturated heterocycles. The number of nitrogens with zero attached hydrogens (tertiary/aromatic N) is 2. The Balaban J connectivity index is 2.89. The molecule has 1 fully saturated rings. The van der Waals surface area contributed by atoms with Gasteiger partial charge < -0.3 is 19.6 Å². The first-order valence-corrected chi connectivity index (χ1v) is 6.94. The lowest BCUT2D eigenvalue weighted by Gasteiger charge is -2.47. The van der Waals surface area contributed by atoms with Crippen LogP contribution in [0.4, 0.5) is 4.79 Å². The first kappa shape index (κ1) is 16.8. The van der Waals surface area contributed by atoms with E-state index >= 15 is 0 Å². The van der Waals surface area contributed by atoms with Gasteiger partial charge in [-0.25, -0.2) is 4.79 Å². The number of carboxylic acids is 1. The highest BCUT2D eigenvalue weighted by Crippen LogP contribution is 2.24. The average Bonchev–Trinajstić information content (AvgIpc) is 2.25. The van der Waals surface area contributed by atoms with E-state index in [0.717, 1.165) is 0 Å². The number of amides is 2. The third kappa shape index (κ3) is 4.10. The van der Waals surface area contributed by atoms with Crippen molar-refractivity contribution in [3.8, 4) is 0 Å². The van der Waals surface area contributed by atoms with Gasteiger partial charge in [0.05, 0.1) is 25.2 Å². The fourth-order valence-corrected chi connectivity index (χ4v) is 2.28. The molecule has 0 aromatic rings. The van der Waals surface area contributed by atoms with E-state index in [-0.39, 0.29) is 24.5 Å². The number of hydrogen-bond acceptors (Lipinski definition) is 3. The van der Waals surface area contributed by atoms with Crippen LogP contribution in [0.2, 0.25) is 0 Å². The molecular formula is C14H26N2O4. The lowest BCUT2D eigenvalue weighted by atomic mass is 10.0. The smallest absolute Gasteiger partial charge is 0.321 e. The summed E-state index contributed by atoms with van der Waals surface area (Å²) in [7, 11) is 0. The summed E-state index contributed by atoms with van der Waals surface area (Å²) >= 11 is 0. The normalized spacial score (nSPS) is 18.8. The Morgan fingerprint density at radius 3 is 2.40 bits per heavy atom. The summed E-state index contributed by atoms with van der Waals surface area (Å²) in [6.45, 7) is 11.4. The number of urea groups is 1. The third-order valence-electron chi connectivity index (χ3n) is 3.47. The van der Waals surface area contributed by atoms with Crippen LogP contribution in [-0.2, 0) is 9.53 Å². The largest absolute Gasteiger partial charge is 0.481 e. The van der Waals surface area contributed by atoms with E-state index in [4.69, 9.17) is 9.84 Å². The highest BCUT2D eigenvalue weighted by atomic mass is 16.5. The lowest BCUT2D eigenvalue weighted by molar-refractivity contribution is -0.137. The first-order chi connectivity index (χ1) is 9.05. The predicted octanol–water partition coefficient (Wildman–Crippen LogP) is 1.79. The van der Waals surface area contributed by atoms with Crippen LogP contribution in [0.15, 0.2) is 0 Å². The highest BCUT2D eigenvalue weighted by molar-refractivity contribution is 5.77. The molecule has 1 N–H and O–H groups in total. The monoisotopic (exact) mass is 286 g/mol. The number of ether oxygens (including phenoxy) is 1. The Labute approximate surface area is 120 Å². The quantitative estimate of drug-likeness (QED) is 0.858. The number of aliphatic carboxylic acids is 1. The molecule has 0 radical (unpaired) electrons. The molecule has 0 aromatic heterocycles. The molecule has 1 aliphatic heterocycles. The second-order valence-corrected chi connectivity index (χ2v) is 6.77. The van der Waals surface area contributed by atoms with Crippen molar-refractivity contribution < 1.29 is 19.4 Å². The highest BCUT2D eigenvalue weighted by Gasteiger charge is 2.39. The van der Waals surface area contributed by atoms with Crippen LogP contribution in [-0.4, -0.2) is 64.3 Å². The number of hydrogen-bond donors (Lipinski definition) is 1. The Hall–Kier alpha value is -1.30. The van der Waals surface area contributed by atoms with Crippen molar-refractivity contribution in [2.75, 3.05) is 26.3 Å². The van der Waals surface area contributed by atoms with Crippen LogP contribution in [0, 0.1) is 0 Å². The van der Waals surface area contributed by atoms with Crippen LogP contribution >= 0.6 is 0 Å². The minimum atomic E-state index is -0.895. The van der Waals surface area contributed by atoms with Crippen molar-refractivity contribution in [3.05, 3.63) is 0 Å². The van der Waals surface area contributed by atoms with E-state index in [1.165, 1.54) is 0 Å². The summed E-state index contributed by atoms with van der Waals surface area (Å²) in [5.41, 5.74) is -0.789. The number of carbonyl (C=O) groups excluding carboxylic acids is 1. The molecule has 0 saturated carbocycles. The van der Waals surface area contributed by atoms with E-state index in [0.29, 0.717) is 19.8 Å². The Bertz CT molecular complexity index is 374. The van der Waals surface area contributed by atoms with Crippen LogP contribution in [0.1, 0.15) is 41.0 Å². The van der Waals surface area contributed by atoms with E-state index in [1.807, 2.05) is 34.6 Å². The molecule has 116 valence electrons. The number of rotatable bonds is 3. The molecule has 0 bridgehead atoms. The van der Waals surface area contributed by atoms with Crippen LogP contribution in [0.3, 0.4) is 0 Å². The summed E-state index contributed by atoms with van der Waals surface area (Å²) in [6.07, 6.45) is -0.0478. The second kappa shape index (κ2) is 5.99. The third-order valence-corrected chi connectivity index (χ3v) is 3.47. The molecule has 1 aliphatic rings. The van der Waals surface area contributed by atoms with Crippen molar-refractivity contribution in [1.29, 1.82) is 0 Å². The van der Waals surface area contributed by atoms with Crippen molar-refractivity contribution in [1.82, 2.24) is 9.80 Å². The van der Waals surface area contributed by atoms with Gasteiger partial charge in [0.15, 0.2) is 0 Å². The van der Waals surface area contributed by atoms with Gasteiger partial charge in [0.2, 0.25) is 0 Å². The lowest BCUT2D eigenvalue weighted by Crippen LogP contribution is -2.62. The average molecular weight is 286 g/mol. The van der Waals surface area contributed by atoms with E-state index < -0.39 is 11.5 Å². The Morgan fingerprint density at radius 1 is 1.35 bits per heavy atom. The van der Waals surface area contributed by atoms with Crippen LogP contribution in [0.25, 0.3) is 0 Å². The van der Waals surface area contributed by atoms with Gasteiger partial charge in [-0.3, -0.25) is 4.79 Å². The maximum absolute atomic E-state index is 12.8. The van der Waals surface area contributed by atoms with Gasteiger partial charge in [0.25, 0.3) is 0 Å². The molecule has 6 nitrogen and oxygen atoms in total. The van der Waals surface area contributed by atoms with Gasteiger partial charge in [-0.15, -0.1) is 0 Å². The van der Waals surface area contributed by atoms with Crippen molar-refractivity contribution >= 4 is 12.0 Å². The fourth-order valence-electron chi connectivity index (χ4n) is 2.28. The zero-order chi connectivity index (χ0) is 15.6. The summed E-state index contributed by atoms with van der Waals surface area (Å²) in [4.78, 5) is 27.0. The fraction of sp³-hybridized carbons (Fsp3) is 0.857. The molecule has 20 heavy (non-hydrogen) atoms. The van der Waals surface area contributed by atoms with Gasteiger partial charge >= 0.3 is 12.0 Å². The molecule has 0 aliphatic carbocycles. The minimum absolute atomic E-state index is 0.0478. The van der Waals surface area contributed by atoms with E-state index in [9.17, 15) is 9.59 Å². The molecule has 0 atom stereocenters. The first-order valence-electron chi connectivity index (χ1n) is 6.94. The number of morpholine rings is 1. The van der Waals surface area contributed by atoms with Crippen LogP contribution in [0.5, 0.6) is 0 Å². The molecule has 1 heterocycles. The summed E-state index contributed by atoms with van der Waals surface area (Å²) < 4.78 is 5.42. The van der Waals surface area contributed by atoms with Crippen molar-refractivity contribution in [2.45, 2.75) is 52.1 Å². The van der Waals surface area contributed by atoms with Gasteiger partial charge in [-0.2, -0.15) is 0 Å². The maximum atomic E-state index is 12.8. The van der Waals surface area contributed by atoms with Gasteiger partial charge in [0.1, 0.15) is 0 Å². The molecule has 0 unspecified atom stereocenters. The summed E-state index contributed by atoms with van der Waals surface area (Å²) in [6, 6.07) is -0.118. The molecule has 0 aromatic carbocycles. The number of carbonyl (C=O) groups is 2. The van der Waals surface area contributed by atoms with Crippen molar-refractivity contribution in [3.63, 3.8) is 0 Å². The zero-order valence-corrected chi connectivity index (χ0v) is 13.1. The maximum Gasteiger partial charge on any atom is 0.321 e. The topological polar surface area (TPSA) is 70.1 Å². The molecule has 2 amide bonds. The molecule has 1 rings (SSSR count). The minimum Gasteiger partial charge on any atom is -0.481 e. The van der Waals surface area contributed by atoms with E-state index in [1.54, 1.807) is 9.80 Å². The van der Waals surface area contributed by atoms with Gasteiger partial charge in [0, 0.05) is 18.6 Å². The molecular weight excluding hydrogens is 260 g/mol. The number of carboxylic acid groups (broad SMARTS) is 1. The Kier molecular flexibility index (Phi) is 5.02. The zero-order valence-electron chi connectivity index (χ0n) is 13.1. The SMILES string of the molecule is CC(C)(C)N(CCC(=O)O)C(=O)N1CCOCC1(C)C. The van der Waals surface area contributed by atoms with Crippen LogP contribution < -0.4 is 0 Å². The van der Waals surface area contributed by atoms with Gasteiger partial charge in [-0.1, -0.05) is 0 Å². The second-order valence-electron chi connectivity index (χ2n) is 6.77. The van der Waals surface area contributed by atoms with Gasteiger partial charge in [-0.05, 0) is 34.6 Å². The predicted molar refractivity (Wildman–Crippen MR) is 75.7 cm³/mol. The summed E-state index contributed by atoms with van der Waals surface area (Å²) in [5, 5.41) is 8.85. The standard InChI is InChI=1S/C14H26N2O4/c1-13(2,3)15(7-6-11(17)18)12(19)16-8-9-20-10-14(16,4)5/h6-10H2,1-5H3,(H,17,18). The van der Waals surface area contributed by atoms with E-state index in [2.05, 4.69) is 0 Å². The summed E-state index contributed by atoms with van der Waals surface area (Å²) in [5.74, 6) is -0.895. The Morgan fingerprint density at radius 2 is 1.95 bits per heavy atom. The molecule has 0 spiro atoms.